The van der Waals surface area contributed by atoms with E-state index in [4.69, 9.17) is 4.74 Å². The number of rotatable bonds is 6. The van der Waals surface area contributed by atoms with Crippen LogP contribution in [0.2, 0.25) is 0 Å². The summed E-state index contributed by atoms with van der Waals surface area (Å²) >= 11 is 0. The molecule has 3 rings (SSSR count). The van der Waals surface area contributed by atoms with E-state index in [-0.39, 0.29) is 16.7 Å². The molecule has 0 atom stereocenters. The molecule has 0 unspecified atom stereocenters. The fraction of sp³-hybridized carbons (Fsp3) is 0.278. The minimum Gasteiger partial charge on any atom is -0.488 e. The van der Waals surface area contributed by atoms with Gasteiger partial charge in [0, 0.05) is 24.7 Å². The molecule has 0 aromatic heterocycles. The maximum atomic E-state index is 10.6. The van der Waals surface area contributed by atoms with Gasteiger partial charge in [0.25, 0.3) is 12.2 Å². The molecular formula is C18H20N2O5. The first kappa shape index (κ1) is 18.4. The first-order valence-corrected chi connectivity index (χ1v) is 7.81. The molecule has 1 N–H and O–H groups in total. The van der Waals surface area contributed by atoms with Crippen molar-refractivity contribution in [3.05, 3.63) is 69.8 Å². The van der Waals surface area contributed by atoms with Gasteiger partial charge in [-0.15, -0.1) is 0 Å². The highest BCUT2D eigenvalue weighted by Crippen LogP contribution is 2.24. The molecule has 1 heterocycles. The molecule has 0 aliphatic carbocycles. The Hall–Kier alpha value is -2.93. The molecule has 7 nitrogen and oxygen atoms in total. The Morgan fingerprint density at radius 2 is 1.96 bits per heavy atom. The lowest BCUT2D eigenvalue weighted by Gasteiger charge is -2.27. The van der Waals surface area contributed by atoms with Crippen LogP contribution in [0.25, 0.3) is 0 Å². The number of nitro groups is 1. The highest BCUT2D eigenvalue weighted by Gasteiger charge is 2.19. The van der Waals surface area contributed by atoms with Crippen LogP contribution in [-0.2, 0) is 16.1 Å². The number of aryl methyl sites for hydroxylation is 1. The molecule has 2 aromatic carbocycles. The molecule has 1 saturated heterocycles. The molecule has 0 spiro atoms. The zero-order chi connectivity index (χ0) is 18.1. The lowest BCUT2D eigenvalue weighted by molar-refractivity contribution is -0.385. The summed E-state index contributed by atoms with van der Waals surface area (Å²) in [6, 6.07) is 14.4. The van der Waals surface area contributed by atoms with Crippen molar-refractivity contribution in [1.29, 1.82) is 0 Å². The summed E-state index contributed by atoms with van der Waals surface area (Å²) in [5.74, 6) is 0.699. The summed E-state index contributed by atoms with van der Waals surface area (Å²) in [5.41, 5.74) is 1.77. The van der Waals surface area contributed by atoms with Gasteiger partial charge in [0.2, 0.25) is 0 Å². The number of nitro benzene ring substituents is 1. The van der Waals surface area contributed by atoms with Crippen molar-refractivity contribution in [2.45, 2.75) is 19.6 Å². The predicted octanol–water partition coefficient (Wildman–Crippen LogP) is 2.61. The van der Waals surface area contributed by atoms with E-state index in [1.54, 1.807) is 19.1 Å². The van der Waals surface area contributed by atoms with E-state index in [0.29, 0.717) is 24.4 Å². The van der Waals surface area contributed by atoms with E-state index in [1.807, 2.05) is 30.3 Å². The van der Waals surface area contributed by atoms with Crippen molar-refractivity contribution < 1.29 is 19.2 Å². The summed E-state index contributed by atoms with van der Waals surface area (Å²) in [7, 11) is 0. The summed E-state index contributed by atoms with van der Waals surface area (Å²) in [4.78, 5) is 19.9. The number of ether oxygens (including phenoxy) is 2. The van der Waals surface area contributed by atoms with E-state index in [9.17, 15) is 14.9 Å². The fourth-order valence-electron chi connectivity index (χ4n) is 2.15. The number of nitrogens with one attached hydrogen (secondary N) is 1. The van der Waals surface area contributed by atoms with Crippen LogP contribution in [0.1, 0.15) is 11.1 Å². The van der Waals surface area contributed by atoms with Gasteiger partial charge in [0.05, 0.1) is 4.92 Å². The van der Waals surface area contributed by atoms with Gasteiger partial charge in [-0.2, -0.15) is 0 Å². The van der Waals surface area contributed by atoms with Crippen LogP contribution in [0, 0.1) is 17.0 Å². The number of hydrogen-bond acceptors (Lipinski definition) is 6. The van der Waals surface area contributed by atoms with Crippen molar-refractivity contribution in [2.24, 2.45) is 0 Å². The largest absolute Gasteiger partial charge is 0.488 e. The zero-order valence-corrected chi connectivity index (χ0v) is 13.9. The molecule has 25 heavy (non-hydrogen) atoms. The summed E-state index contributed by atoms with van der Waals surface area (Å²) in [6.45, 7) is 4.22. The normalized spacial score (nSPS) is 13.0. The fourth-order valence-corrected chi connectivity index (χ4v) is 2.15. The van der Waals surface area contributed by atoms with Crippen molar-refractivity contribution in [2.75, 3.05) is 13.1 Å². The second kappa shape index (κ2) is 9.39. The monoisotopic (exact) mass is 344 g/mol. The topological polar surface area (TPSA) is 90.7 Å². The molecule has 132 valence electrons. The van der Waals surface area contributed by atoms with E-state index in [1.165, 1.54) is 6.07 Å². The van der Waals surface area contributed by atoms with Crippen LogP contribution < -0.4 is 10.1 Å². The van der Waals surface area contributed by atoms with E-state index in [0.717, 1.165) is 18.7 Å². The smallest absolute Gasteiger partial charge is 0.293 e. The second-order valence-corrected chi connectivity index (χ2v) is 5.50. The van der Waals surface area contributed by atoms with Gasteiger partial charge in [-0.05, 0) is 24.6 Å². The van der Waals surface area contributed by atoms with Crippen LogP contribution in [0.4, 0.5) is 5.69 Å². The Morgan fingerprint density at radius 1 is 1.24 bits per heavy atom. The zero-order valence-electron chi connectivity index (χ0n) is 13.9. The Bertz CT molecular complexity index is 702. The number of carbonyl (C=O) groups excluding carboxylic acids is 1. The van der Waals surface area contributed by atoms with Crippen molar-refractivity contribution in [3.8, 4) is 5.75 Å². The third-order valence-corrected chi connectivity index (χ3v) is 3.57. The Kier molecular flexibility index (Phi) is 6.91. The molecule has 0 saturated carbocycles. The third kappa shape index (κ3) is 5.89. The number of benzene rings is 2. The Balaban J connectivity index is 0.000000196. The van der Waals surface area contributed by atoms with Crippen molar-refractivity contribution in [1.82, 2.24) is 5.32 Å². The minimum atomic E-state index is -0.385. The first-order valence-electron chi connectivity index (χ1n) is 7.81. The lowest BCUT2D eigenvalue weighted by Crippen LogP contribution is -2.50. The molecule has 1 aliphatic heterocycles. The first-order chi connectivity index (χ1) is 12.1. The van der Waals surface area contributed by atoms with Crippen molar-refractivity contribution >= 4 is 12.2 Å². The minimum absolute atomic E-state index is 0.133. The third-order valence-electron chi connectivity index (χ3n) is 3.57. The number of hydrogen-bond donors (Lipinski definition) is 1. The Labute approximate surface area is 145 Å². The maximum absolute atomic E-state index is 10.6. The average Bonchev–Trinajstić information content (AvgIpc) is 2.57. The molecule has 0 radical (unpaired) electrons. The molecular weight excluding hydrogens is 324 g/mol. The van der Waals surface area contributed by atoms with Crippen LogP contribution in [0.15, 0.2) is 48.5 Å². The summed E-state index contributed by atoms with van der Waals surface area (Å²) in [5, 5.41) is 13.7. The highest BCUT2D eigenvalue weighted by molar-refractivity contribution is 5.44. The maximum Gasteiger partial charge on any atom is 0.293 e. The molecule has 0 amide bonds. The van der Waals surface area contributed by atoms with Gasteiger partial charge in [0.1, 0.15) is 18.5 Å². The highest BCUT2D eigenvalue weighted by atomic mass is 16.6. The van der Waals surface area contributed by atoms with Crippen LogP contribution in [0.5, 0.6) is 5.75 Å². The average molecular weight is 344 g/mol. The quantitative estimate of drug-likeness (QED) is 0.492. The van der Waals surface area contributed by atoms with E-state index >= 15 is 0 Å². The predicted molar refractivity (Wildman–Crippen MR) is 92.4 cm³/mol. The van der Waals surface area contributed by atoms with Crippen LogP contribution in [-0.4, -0.2) is 30.6 Å². The SMILES string of the molecule is Cc1cc(OC2CNC2)ccc1[N+](=O)[O-].O=COCc1ccccc1. The molecule has 0 bridgehead atoms. The molecule has 1 aliphatic rings. The van der Waals surface area contributed by atoms with Gasteiger partial charge in [0.15, 0.2) is 0 Å². The summed E-state index contributed by atoms with van der Waals surface area (Å²) < 4.78 is 10.1. The van der Waals surface area contributed by atoms with Crippen molar-refractivity contribution in [3.63, 3.8) is 0 Å². The molecule has 2 aromatic rings. The number of nitrogens with zero attached hydrogens (tertiary/aromatic N) is 1. The van der Waals surface area contributed by atoms with Gasteiger partial charge in [-0.1, -0.05) is 30.3 Å². The van der Waals surface area contributed by atoms with E-state index < -0.39 is 0 Å². The lowest BCUT2D eigenvalue weighted by atomic mass is 10.2. The Morgan fingerprint density at radius 3 is 2.48 bits per heavy atom. The standard InChI is InChI=1S/C10H12N2O3.C8H8O2/c1-7-4-8(15-9-5-11-6-9)2-3-10(7)12(13)14;9-7-10-6-8-4-2-1-3-5-8/h2-4,9,11H,5-6H2,1H3;1-5,7H,6H2. The second-order valence-electron chi connectivity index (χ2n) is 5.50. The summed E-state index contributed by atoms with van der Waals surface area (Å²) in [6.07, 6.45) is 0.200. The van der Waals surface area contributed by atoms with Crippen LogP contribution >= 0.6 is 0 Å². The molecule has 1 fully saturated rings. The van der Waals surface area contributed by atoms with Gasteiger partial charge in [-0.25, -0.2) is 0 Å². The van der Waals surface area contributed by atoms with Gasteiger partial charge >= 0.3 is 0 Å². The van der Waals surface area contributed by atoms with Gasteiger partial charge in [-0.3, -0.25) is 14.9 Å². The number of carbonyl (C=O) groups is 1. The van der Waals surface area contributed by atoms with Gasteiger partial charge < -0.3 is 14.8 Å². The van der Waals surface area contributed by atoms with E-state index in [2.05, 4.69) is 10.1 Å². The van der Waals surface area contributed by atoms with Crippen LogP contribution in [0.3, 0.4) is 0 Å². The molecule has 7 heteroatoms.